The number of non-ortho nitro benzene ring substituents is 1. The molecule has 0 radical (unpaired) electrons. The highest BCUT2D eigenvalue weighted by atomic mass is 16.6. The largest absolute Gasteiger partial charge is 0.474 e. The van der Waals surface area contributed by atoms with E-state index in [4.69, 9.17) is 14.0 Å². The quantitative estimate of drug-likeness (QED) is 0.483. The number of rotatable bonds is 6. The van der Waals surface area contributed by atoms with E-state index in [1.54, 1.807) is 39.0 Å². The van der Waals surface area contributed by atoms with Crippen LogP contribution in [-0.2, 0) is 4.74 Å². The van der Waals surface area contributed by atoms with Crippen molar-refractivity contribution in [1.29, 1.82) is 0 Å². The molecule has 0 unspecified atom stereocenters. The van der Waals surface area contributed by atoms with Gasteiger partial charge < -0.3 is 19.3 Å². The molecule has 9 heteroatoms. The third kappa shape index (κ3) is 5.79. The SMILES string of the molecule is CC(C)(C)OC(=O)NCCOc1cc(-c2ccc([N+](=O)[O-])cc2)on1. The number of amides is 1. The number of benzene rings is 1. The molecule has 0 bridgehead atoms. The Balaban J connectivity index is 1.81. The van der Waals surface area contributed by atoms with Gasteiger partial charge in [-0.05, 0) is 38.1 Å². The van der Waals surface area contributed by atoms with Gasteiger partial charge in [0.05, 0.1) is 11.5 Å². The van der Waals surface area contributed by atoms with E-state index in [-0.39, 0.29) is 24.7 Å². The van der Waals surface area contributed by atoms with Crippen LogP contribution in [0, 0.1) is 10.1 Å². The Kier molecular flexibility index (Phi) is 5.58. The Morgan fingerprint density at radius 2 is 2.00 bits per heavy atom. The molecule has 1 aromatic heterocycles. The van der Waals surface area contributed by atoms with Gasteiger partial charge >= 0.3 is 6.09 Å². The predicted molar refractivity (Wildman–Crippen MR) is 88.3 cm³/mol. The summed E-state index contributed by atoms with van der Waals surface area (Å²) in [5.41, 5.74) is 0.0734. The van der Waals surface area contributed by atoms with Crippen molar-refractivity contribution >= 4 is 11.8 Å². The smallest absolute Gasteiger partial charge is 0.407 e. The second-order valence-electron chi connectivity index (χ2n) is 6.11. The number of carbonyl (C=O) groups excluding carboxylic acids is 1. The number of aromatic nitrogens is 1. The van der Waals surface area contributed by atoms with Gasteiger partial charge in [-0.2, -0.15) is 0 Å². The van der Waals surface area contributed by atoms with E-state index in [0.717, 1.165) is 0 Å². The maximum absolute atomic E-state index is 11.5. The molecule has 2 aromatic rings. The number of alkyl carbamates (subject to hydrolysis) is 1. The Hall–Kier alpha value is -3.10. The maximum atomic E-state index is 11.5. The van der Waals surface area contributed by atoms with Crippen molar-refractivity contribution in [2.24, 2.45) is 0 Å². The Morgan fingerprint density at radius 1 is 1.32 bits per heavy atom. The van der Waals surface area contributed by atoms with E-state index >= 15 is 0 Å². The summed E-state index contributed by atoms with van der Waals surface area (Å²) in [6, 6.07) is 7.44. The summed E-state index contributed by atoms with van der Waals surface area (Å²) < 4.78 is 15.6. The predicted octanol–water partition coefficient (Wildman–Crippen LogP) is 3.15. The minimum atomic E-state index is -0.559. The summed E-state index contributed by atoms with van der Waals surface area (Å²) >= 11 is 0. The van der Waals surface area contributed by atoms with Crippen LogP contribution in [-0.4, -0.2) is 34.9 Å². The zero-order chi connectivity index (χ0) is 18.4. The number of nitrogens with zero attached hydrogens (tertiary/aromatic N) is 2. The molecular weight excluding hydrogens is 330 g/mol. The second-order valence-corrected chi connectivity index (χ2v) is 6.11. The van der Waals surface area contributed by atoms with Crippen molar-refractivity contribution < 1.29 is 23.7 Å². The van der Waals surface area contributed by atoms with Gasteiger partial charge in [0.15, 0.2) is 5.76 Å². The van der Waals surface area contributed by atoms with Crippen molar-refractivity contribution in [3.63, 3.8) is 0 Å². The normalized spacial score (nSPS) is 11.0. The van der Waals surface area contributed by atoms with Gasteiger partial charge in [0, 0.05) is 23.8 Å². The fourth-order valence-electron chi connectivity index (χ4n) is 1.83. The van der Waals surface area contributed by atoms with Crippen LogP contribution in [0.5, 0.6) is 5.88 Å². The van der Waals surface area contributed by atoms with Crippen molar-refractivity contribution in [2.45, 2.75) is 26.4 Å². The Labute approximate surface area is 144 Å². The zero-order valence-electron chi connectivity index (χ0n) is 14.1. The molecular formula is C16H19N3O6. The first-order chi connectivity index (χ1) is 11.7. The van der Waals surface area contributed by atoms with Gasteiger partial charge in [0.1, 0.15) is 12.2 Å². The van der Waals surface area contributed by atoms with Gasteiger partial charge in [0.2, 0.25) is 0 Å². The maximum Gasteiger partial charge on any atom is 0.407 e. The van der Waals surface area contributed by atoms with Crippen LogP contribution < -0.4 is 10.1 Å². The van der Waals surface area contributed by atoms with Crippen LogP contribution in [0.3, 0.4) is 0 Å². The first kappa shape index (κ1) is 18.2. The van der Waals surface area contributed by atoms with Gasteiger partial charge in [-0.15, -0.1) is 0 Å². The topological polar surface area (TPSA) is 117 Å². The van der Waals surface area contributed by atoms with E-state index in [0.29, 0.717) is 11.3 Å². The summed E-state index contributed by atoms with van der Waals surface area (Å²) in [6.45, 7) is 5.76. The number of ether oxygens (including phenoxy) is 2. The van der Waals surface area contributed by atoms with Crippen molar-refractivity contribution in [3.05, 3.63) is 40.4 Å². The fourth-order valence-corrected chi connectivity index (χ4v) is 1.83. The van der Waals surface area contributed by atoms with Crippen LogP contribution in [0.2, 0.25) is 0 Å². The zero-order valence-corrected chi connectivity index (χ0v) is 14.1. The van der Waals surface area contributed by atoms with Crippen molar-refractivity contribution in [2.75, 3.05) is 13.2 Å². The molecule has 2 rings (SSSR count). The molecule has 0 fully saturated rings. The molecule has 9 nitrogen and oxygen atoms in total. The van der Waals surface area contributed by atoms with Crippen molar-refractivity contribution in [3.8, 4) is 17.2 Å². The van der Waals surface area contributed by atoms with Crippen LogP contribution in [0.15, 0.2) is 34.9 Å². The number of carbonyl (C=O) groups is 1. The fraction of sp³-hybridized carbons (Fsp3) is 0.375. The lowest BCUT2D eigenvalue weighted by Gasteiger charge is -2.19. The standard InChI is InChI=1S/C16H19N3O6/c1-16(2,3)24-15(20)17-8-9-23-14-10-13(25-18-14)11-4-6-12(7-5-11)19(21)22/h4-7,10H,8-9H2,1-3H3,(H,17,20). The lowest BCUT2D eigenvalue weighted by atomic mass is 10.1. The number of nitro groups is 1. The molecule has 1 aromatic carbocycles. The van der Waals surface area contributed by atoms with E-state index in [2.05, 4.69) is 10.5 Å². The first-order valence-corrected chi connectivity index (χ1v) is 7.56. The summed E-state index contributed by atoms with van der Waals surface area (Å²) in [5, 5.41) is 16.9. The summed E-state index contributed by atoms with van der Waals surface area (Å²) in [7, 11) is 0. The molecule has 25 heavy (non-hydrogen) atoms. The highest BCUT2D eigenvalue weighted by Crippen LogP contribution is 2.25. The summed E-state index contributed by atoms with van der Waals surface area (Å²) in [4.78, 5) is 21.6. The molecule has 1 heterocycles. The number of hydrogen-bond donors (Lipinski definition) is 1. The highest BCUT2D eigenvalue weighted by molar-refractivity contribution is 5.67. The lowest BCUT2D eigenvalue weighted by Crippen LogP contribution is -2.34. The average molecular weight is 349 g/mol. The molecule has 0 spiro atoms. The van der Waals surface area contributed by atoms with Gasteiger partial charge in [0.25, 0.3) is 11.6 Å². The lowest BCUT2D eigenvalue weighted by molar-refractivity contribution is -0.384. The first-order valence-electron chi connectivity index (χ1n) is 7.56. The van der Waals surface area contributed by atoms with Crippen LogP contribution in [0.25, 0.3) is 11.3 Å². The minimum absolute atomic E-state index is 0.00652. The second kappa shape index (κ2) is 7.65. The third-order valence-electron chi connectivity index (χ3n) is 2.87. The average Bonchev–Trinajstić information content (AvgIpc) is 2.99. The number of nitrogens with one attached hydrogen (secondary N) is 1. The molecule has 0 saturated carbocycles. The Bertz CT molecular complexity index is 733. The van der Waals surface area contributed by atoms with Crippen LogP contribution in [0.1, 0.15) is 20.8 Å². The summed E-state index contributed by atoms with van der Waals surface area (Å²) in [5.74, 6) is 0.671. The molecule has 0 saturated heterocycles. The van der Waals surface area contributed by atoms with Gasteiger partial charge in [-0.1, -0.05) is 0 Å². The van der Waals surface area contributed by atoms with Crippen molar-refractivity contribution in [1.82, 2.24) is 10.5 Å². The summed E-state index contributed by atoms with van der Waals surface area (Å²) in [6.07, 6.45) is -0.525. The molecule has 0 aliphatic heterocycles. The molecule has 134 valence electrons. The molecule has 0 aliphatic carbocycles. The van der Waals surface area contributed by atoms with Crippen LogP contribution >= 0.6 is 0 Å². The van der Waals surface area contributed by atoms with Crippen LogP contribution in [0.4, 0.5) is 10.5 Å². The van der Waals surface area contributed by atoms with E-state index < -0.39 is 16.6 Å². The van der Waals surface area contributed by atoms with Gasteiger partial charge in [-0.25, -0.2) is 4.79 Å². The highest BCUT2D eigenvalue weighted by Gasteiger charge is 2.15. The third-order valence-corrected chi connectivity index (χ3v) is 2.87. The molecule has 0 aliphatic rings. The minimum Gasteiger partial charge on any atom is -0.474 e. The monoisotopic (exact) mass is 349 g/mol. The molecule has 0 atom stereocenters. The molecule has 1 amide bonds. The van der Waals surface area contributed by atoms with E-state index in [9.17, 15) is 14.9 Å². The van der Waals surface area contributed by atoms with Gasteiger partial charge in [-0.3, -0.25) is 10.1 Å². The molecule has 1 N–H and O–H groups in total. The number of nitro benzene ring substituents is 1. The van der Waals surface area contributed by atoms with E-state index in [1.165, 1.54) is 12.1 Å². The Morgan fingerprint density at radius 3 is 2.60 bits per heavy atom. The number of hydrogen-bond acceptors (Lipinski definition) is 7. The van der Waals surface area contributed by atoms with E-state index in [1.807, 2.05) is 0 Å².